The zero-order valence-electron chi connectivity index (χ0n) is 9.27. The molecule has 4 heteroatoms. The molecule has 2 aromatic heterocycles. The molecule has 2 rings (SSSR count). The zero-order chi connectivity index (χ0) is 9.97. The van der Waals surface area contributed by atoms with Gasteiger partial charge in [0.25, 0.3) is 0 Å². The van der Waals surface area contributed by atoms with E-state index in [2.05, 4.69) is 49.1 Å². The van der Waals surface area contributed by atoms with Gasteiger partial charge in [0, 0.05) is 24.3 Å². The molecule has 0 aromatic carbocycles. The Kier molecular flexibility index (Phi) is 7.05. The van der Waals surface area contributed by atoms with Crippen molar-refractivity contribution in [2.75, 3.05) is 0 Å². The number of nitrogens with zero attached hydrogens (tertiary/aromatic N) is 2. The Morgan fingerprint density at radius 1 is 0.625 bits per heavy atom. The maximum atomic E-state index is 2.12. The fourth-order valence-electron chi connectivity index (χ4n) is 1.39. The van der Waals surface area contributed by atoms with Gasteiger partial charge in [0.1, 0.15) is 14.1 Å². The quantitative estimate of drug-likeness (QED) is 0.310. The van der Waals surface area contributed by atoms with Crippen molar-refractivity contribution in [1.82, 2.24) is 0 Å². The van der Waals surface area contributed by atoms with Crippen LogP contribution in [0.4, 0.5) is 0 Å². The van der Waals surface area contributed by atoms with Gasteiger partial charge in [-0.1, -0.05) is 0 Å². The van der Waals surface area contributed by atoms with Crippen LogP contribution in [0, 0.1) is 0 Å². The normalized spacial score (nSPS) is 8.88. The summed E-state index contributed by atoms with van der Waals surface area (Å²) < 4.78 is 4.07. The van der Waals surface area contributed by atoms with Crippen LogP contribution in [0.3, 0.4) is 0 Å². The van der Waals surface area contributed by atoms with Crippen LogP contribution in [0.1, 0.15) is 0 Å². The Morgan fingerprint density at radius 2 is 0.875 bits per heavy atom. The number of rotatable bonds is 1. The lowest BCUT2D eigenvalue weighted by Gasteiger charge is -1.97. The third-order valence-electron chi connectivity index (χ3n) is 2.29. The average Bonchev–Trinajstić information content (AvgIpc) is 2.21. The molecule has 0 fully saturated rings. The summed E-state index contributed by atoms with van der Waals surface area (Å²) in [7, 11) is 4.05. The summed E-state index contributed by atoms with van der Waals surface area (Å²) >= 11 is 0. The molecule has 0 amide bonds. The van der Waals surface area contributed by atoms with Gasteiger partial charge in [-0.3, -0.25) is 0 Å². The first-order valence-electron chi connectivity index (χ1n) is 4.67. The van der Waals surface area contributed by atoms with Crippen molar-refractivity contribution in [2.45, 2.75) is 0 Å². The fraction of sp³-hybridized carbons (Fsp3) is 0.167. The van der Waals surface area contributed by atoms with Crippen molar-refractivity contribution in [2.24, 2.45) is 14.1 Å². The minimum Gasteiger partial charge on any atom is -1.00 e. The van der Waals surface area contributed by atoms with Crippen LogP contribution < -0.4 is 57.1 Å². The Hall–Kier alpha value is -0.240. The van der Waals surface area contributed by atoms with Gasteiger partial charge in [0.15, 0.2) is 24.8 Å². The third kappa shape index (κ3) is 3.97. The molecule has 2 nitrogen and oxygen atoms in total. The van der Waals surface area contributed by atoms with E-state index in [1.807, 2.05) is 23.2 Å². The second-order valence-corrected chi connectivity index (χ2v) is 3.50. The molecule has 0 saturated carbocycles. The van der Waals surface area contributed by atoms with Crippen molar-refractivity contribution in [3.8, 4) is 11.1 Å². The topological polar surface area (TPSA) is 7.76 Å². The first-order valence-corrected chi connectivity index (χ1v) is 4.67. The Bertz CT molecular complexity index is 380. The summed E-state index contributed by atoms with van der Waals surface area (Å²) in [5, 5.41) is 0. The highest BCUT2D eigenvalue weighted by molar-refractivity contribution is 5.60. The van der Waals surface area contributed by atoms with Crippen LogP contribution in [-0.2, 0) is 14.1 Å². The summed E-state index contributed by atoms with van der Waals surface area (Å²) in [6.07, 6.45) is 8.23. The zero-order valence-corrected chi connectivity index (χ0v) is 13.6. The number of hydrogen-bond donors (Lipinski definition) is 0. The van der Waals surface area contributed by atoms with E-state index in [0.29, 0.717) is 0 Å². The summed E-state index contributed by atoms with van der Waals surface area (Å²) in [5.74, 6) is 0. The Balaban J connectivity index is 0.00000112. The van der Waals surface area contributed by atoms with Gasteiger partial charge in [0.2, 0.25) is 0 Å². The lowest BCUT2D eigenvalue weighted by molar-refractivity contribution is -0.671. The van der Waals surface area contributed by atoms with E-state index in [0.717, 1.165) is 0 Å². The summed E-state index contributed by atoms with van der Waals surface area (Å²) in [4.78, 5) is 0. The lowest BCUT2D eigenvalue weighted by Crippen LogP contribution is -3.00. The van der Waals surface area contributed by atoms with Crippen molar-refractivity contribution in [3.05, 3.63) is 49.1 Å². The highest BCUT2D eigenvalue weighted by atomic mass is 127. The third-order valence-corrected chi connectivity index (χ3v) is 2.29. The van der Waals surface area contributed by atoms with Crippen molar-refractivity contribution in [1.29, 1.82) is 0 Å². The summed E-state index contributed by atoms with van der Waals surface area (Å²) in [6, 6.07) is 8.48. The molecule has 0 bridgehead atoms. The van der Waals surface area contributed by atoms with E-state index < -0.39 is 0 Å². The van der Waals surface area contributed by atoms with E-state index in [4.69, 9.17) is 0 Å². The highest BCUT2D eigenvalue weighted by Crippen LogP contribution is 2.14. The molecule has 0 atom stereocenters. The second-order valence-electron chi connectivity index (χ2n) is 3.50. The molecule has 86 valence electrons. The molecular formula is C12H14I2N2. The van der Waals surface area contributed by atoms with E-state index in [1.54, 1.807) is 0 Å². The van der Waals surface area contributed by atoms with Crippen LogP contribution in [0.15, 0.2) is 49.1 Å². The maximum Gasteiger partial charge on any atom is 0.169 e. The van der Waals surface area contributed by atoms with Gasteiger partial charge in [-0.25, -0.2) is 9.13 Å². The molecule has 2 heterocycles. The molecule has 0 spiro atoms. The molecule has 0 N–H and O–H groups in total. The van der Waals surface area contributed by atoms with E-state index in [-0.39, 0.29) is 48.0 Å². The first kappa shape index (κ1) is 15.8. The van der Waals surface area contributed by atoms with Crippen LogP contribution >= 0.6 is 0 Å². The van der Waals surface area contributed by atoms with Crippen molar-refractivity contribution in [3.63, 3.8) is 0 Å². The minimum atomic E-state index is 0. The number of hydrogen-bond acceptors (Lipinski definition) is 0. The average molecular weight is 440 g/mol. The molecule has 0 aliphatic carbocycles. The van der Waals surface area contributed by atoms with Gasteiger partial charge >= 0.3 is 0 Å². The van der Waals surface area contributed by atoms with Crippen LogP contribution in [0.5, 0.6) is 0 Å². The maximum absolute atomic E-state index is 2.12. The van der Waals surface area contributed by atoms with Crippen molar-refractivity contribution < 1.29 is 57.1 Å². The summed E-state index contributed by atoms with van der Waals surface area (Å²) in [5.41, 5.74) is 2.51. The monoisotopic (exact) mass is 440 g/mol. The molecule has 0 aliphatic rings. The van der Waals surface area contributed by atoms with Gasteiger partial charge in [-0.05, 0) is 11.1 Å². The second kappa shape index (κ2) is 7.16. The smallest absolute Gasteiger partial charge is 0.169 e. The number of pyridine rings is 2. The fourth-order valence-corrected chi connectivity index (χ4v) is 1.39. The van der Waals surface area contributed by atoms with Gasteiger partial charge < -0.3 is 48.0 Å². The Morgan fingerprint density at radius 3 is 1.12 bits per heavy atom. The molecule has 0 radical (unpaired) electrons. The molecule has 0 unspecified atom stereocenters. The van der Waals surface area contributed by atoms with Gasteiger partial charge in [0.05, 0.1) is 0 Å². The van der Waals surface area contributed by atoms with E-state index >= 15 is 0 Å². The van der Waals surface area contributed by atoms with Crippen molar-refractivity contribution >= 4 is 0 Å². The van der Waals surface area contributed by atoms with Gasteiger partial charge in [-0.2, -0.15) is 0 Å². The molecule has 16 heavy (non-hydrogen) atoms. The van der Waals surface area contributed by atoms with Crippen LogP contribution in [-0.4, -0.2) is 0 Å². The van der Waals surface area contributed by atoms with Crippen LogP contribution in [0.25, 0.3) is 11.1 Å². The highest BCUT2D eigenvalue weighted by Gasteiger charge is 2.00. The molecule has 2 aromatic rings. The number of halogens is 2. The first-order chi connectivity index (χ1) is 6.75. The Labute approximate surface area is 130 Å². The number of aryl methyl sites for hydroxylation is 2. The SMILES string of the molecule is C[n+]1ccc(-c2cc[n+](C)cc2)cc1.[I-].[I-]. The summed E-state index contributed by atoms with van der Waals surface area (Å²) in [6.45, 7) is 0. The lowest BCUT2D eigenvalue weighted by atomic mass is 10.1. The largest absolute Gasteiger partial charge is 1.00 e. The molecule has 0 saturated heterocycles. The predicted octanol–water partition coefficient (Wildman–Crippen LogP) is -4.99. The van der Waals surface area contributed by atoms with E-state index in [1.165, 1.54) is 11.1 Å². The van der Waals surface area contributed by atoms with Gasteiger partial charge in [-0.15, -0.1) is 0 Å². The molecular weight excluding hydrogens is 426 g/mol. The minimum absolute atomic E-state index is 0. The van der Waals surface area contributed by atoms with E-state index in [9.17, 15) is 0 Å². The number of aromatic nitrogens is 2. The van der Waals surface area contributed by atoms with Crippen LogP contribution in [0.2, 0.25) is 0 Å². The standard InChI is InChI=1S/C12H14N2.2HI/c1-13-7-3-11(4-8-13)12-5-9-14(2)10-6-12;;/h3-10H,1-2H3;2*1H/q+2;;/p-2. The molecule has 0 aliphatic heterocycles. The predicted molar refractivity (Wildman–Crippen MR) is 54.2 cm³/mol.